The van der Waals surface area contributed by atoms with Gasteiger partial charge in [0.2, 0.25) is 0 Å². The zero-order valence-corrected chi connectivity index (χ0v) is 11.9. The minimum atomic E-state index is -0.299. The quantitative estimate of drug-likeness (QED) is 0.656. The van der Waals surface area contributed by atoms with Gasteiger partial charge in [-0.15, -0.1) is 0 Å². The van der Waals surface area contributed by atoms with Gasteiger partial charge in [0.05, 0.1) is 5.25 Å². The Bertz CT molecular complexity index is 632. The molecule has 106 valence electrons. The summed E-state index contributed by atoms with van der Waals surface area (Å²) in [6.07, 6.45) is 2.13. The van der Waals surface area contributed by atoms with Crippen molar-refractivity contribution in [1.29, 1.82) is 0 Å². The lowest BCUT2D eigenvalue weighted by Crippen LogP contribution is -2.26. The van der Waals surface area contributed by atoms with E-state index in [-0.39, 0.29) is 22.7 Å². The van der Waals surface area contributed by atoms with Crippen LogP contribution in [-0.4, -0.2) is 16.0 Å². The number of nitrogens with two attached hydrogens (primary N) is 1. The van der Waals surface area contributed by atoms with Gasteiger partial charge in [0.25, 0.3) is 5.56 Å². The summed E-state index contributed by atoms with van der Waals surface area (Å²) in [4.78, 5) is 18.0. The van der Waals surface area contributed by atoms with E-state index in [4.69, 9.17) is 5.73 Å². The molecule has 0 fully saturated rings. The largest absolute Gasteiger partial charge is 0.326 e. The van der Waals surface area contributed by atoms with Crippen LogP contribution in [0.4, 0.5) is 4.39 Å². The molecular weight excluding hydrogens is 277 g/mol. The van der Waals surface area contributed by atoms with Crippen LogP contribution in [-0.2, 0) is 0 Å². The summed E-state index contributed by atoms with van der Waals surface area (Å²) < 4.78 is 14.0. The molecule has 1 aromatic heterocycles. The first kappa shape index (κ1) is 14.7. The van der Waals surface area contributed by atoms with Crippen LogP contribution in [0.2, 0.25) is 0 Å². The van der Waals surface area contributed by atoms with Gasteiger partial charge < -0.3 is 10.7 Å². The van der Waals surface area contributed by atoms with E-state index < -0.39 is 0 Å². The van der Waals surface area contributed by atoms with Crippen molar-refractivity contribution < 1.29 is 4.39 Å². The summed E-state index contributed by atoms with van der Waals surface area (Å²) in [5, 5.41) is 0.140. The second kappa shape index (κ2) is 6.67. The molecule has 3 N–H and O–H groups in total. The Labute approximate surface area is 120 Å². The van der Waals surface area contributed by atoms with Crippen molar-refractivity contribution in [3.8, 4) is 0 Å². The number of nitrogens with zero attached hydrogens (tertiary/aromatic N) is 1. The zero-order valence-electron chi connectivity index (χ0n) is 11.0. The number of aromatic nitrogens is 2. The molecule has 0 amide bonds. The molecule has 2 aromatic rings. The highest BCUT2D eigenvalue weighted by Crippen LogP contribution is 2.37. The second-order valence-corrected chi connectivity index (χ2v) is 5.50. The average molecular weight is 293 g/mol. The van der Waals surface area contributed by atoms with Gasteiger partial charge in [0, 0.05) is 23.9 Å². The number of halogens is 1. The molecule has 20 heavy (non-hydrogen) atoms. The van der Waals surface area contributed by atoms with Gasteiger partial charge in [0.15, 0.2) is 5.16 Å². The maximum absolute atomic E-state index is 14.0. The molecule has 2 atom stereocenters. The molecule has 6 heteroatoms. The van der Waals surface area contributed by atoms with Crippen molar-refractivity contribution in [2.24, 2.45) is 5.73 Å². The fourth-order valence-corrected chi connectivity index (χ4v) is 3.04. The lowest BCUT2D eigenvalue weighted by Gasteiger charge is -2.22. The summed E-state index contributed by atoms with van der Waals surface area (Å²) in [6.45, 7) is 1.94. The zero-order chi connectivity index (χ0) is 14.5. The lowest BCUT2D eigenvalue weighted by molar-refractivity contribution is 0.572. The fraction of sp³-hybridized carbons (Fsp3) is 0.286. The van der Waals surface area contributed by atoms with Gasteiger partial charge in [0.1, 0.15) is 5.82 Å². The van der Waals surface area contributed by atoms with Crippen LogP contribution in [0.5, 0.6) is 0 Å². The van der Waals surface area contributed by atoms with Gasteiger partial charge >= 0.3 is 0 Å². The van der Waals surface area contributed by atoms with E-state index in [1.807, 2.05) is 6.92 Å². The normalized spacial score (nSPS) is 13.9. The first-order valence-electron chi connectivity index (χ1n) is 6.33. The highest BCUT2D eigenvalue weighted by atomic mass is 32.2. The standard InChI is InChI=1S/C14H16FN3OS/c1-2-11(16)13(9-5-3-4-6-10(9)15)20-14-17-8-7-12(19)18-14/h3-8,11,13H,2,16H2,1H3,(H,17,18,19). The van der Waals surface area contributed by atoms with Crippen molar-refractivity contribution in [3.05, 3.63) is 58.3 Å². The molecule has 4 nitrogen and oxygen atoms in total. The van der Waals surface area contributed by atoms with Crippen LogP contribution < -0.4 is 11.3 Å². The molecule has 0 radical (unpaired) electrons. The first-order valence-corrected chi connectivity index (χ1v) is 7.21. The number of thioether (sulfide) groups is 1. The minimum absolute atomic E-state index is 0.234. The van der Waals surface area contributed by atoms with Crippen molar-refractivity contribution in [1.82, 2.24) is 9.97 Å². The third kappa shape index (κ3) is 3.46. The summed E-state index contributed by atoms with van der Waals surface area (Å²) in [7, 11) is 0. The van der Waals surface area contributed by atoms with Crippen LogP contribution in [0, 0.1) is 5.82 Å². The lowest BCUT2D eigenvalue weighted by atomic mass is 10.0. The number of aromatic amines is 1. The molecule has 0 saturated carbocycles. The first-order chi connectivity index (χ1) is 9.61. The van der Waals surface area contributed by atoms with Crippen molar-refractivity contribution in [2.45, 2.75) is 29.8 Å². The molecule has 1 heterocycles. The molecule has 0 saturated heterocycles. The van der Waals surface area contributed by atoms with Crippen molar-refractivity contribution >= 4 is 11.8 Å². The number of hydrogen-bond donors (Lipinski definition) is 2. The Morgan fingerprint density at radius 3 is 2.80 bits per heavy atom. The molecule has 0 aliphatic rings. The maximum atomic E-state index is 14.0. The SMILES string of the molecule is CCC(N)C(Sc1nccc(=O)[nH]1)c1ccccc1F. The van der Waals surface area contributed by atoms with Crippen LogP contribution in [0.3, 0.4) is 0 Å². The van der Waals surface area contributed by atoms with Crippen LogP contribution >= 0.6 is 11.8 Å². The van der Waals surface area contributed by atoms with Crippen molar-refractivity contribution in [3.63, 3.8) is 0 Å². The predicted molar refractivity (Wildman–Crippen MR) is 78.1 cm³/mol. The highest BCUT2D eigenvalue weighted by Gasteiger charge is 2.23. The predicted octanol–water partition coefficient (Wildman–Crippen LogP) is 2.48. The molecule has 1 aromatic carbocycles. The van der Waals surface area contributed by atoms with E-state index in [0.29, 0.717) is 17.1 Å². The Balaban J connectivity index is 2.34. The van der Waals surface area contributed by atoms with E-state index in [1.54, 1.807) is 18.2 Å². The number of hydrogen-bond acceptors (Lipinski definition) is 4. The Hall–Kier alpha value is -1.66. The van der Waals surface area contributed by atoms with Gasteiger partial charge in [-0.1, -0.05) is 36.9 Å². The van der Waals surface area contributed by atoms with Crippen LogP contribution in [0.15, 0.2) is 46.5 Å². The molecule has 2 rings (SSSR count). The smallest absolute Gasteiger partial charge is 0.251 e. The fourth-order valence-electron chi connectivity index (χ4n) is 1.83. The third-order valence-corrected chi connectivity index (χ3v) is 4.25. The van der Waals surface area contributed by atoms with Gasteiger partial charge in [-0.25, -0.2) is 9.37 Å². The molecule has 2 unspecified atom stereocenters. The van der Waals surface area contributed by atoms with Crippen molar-refractivity contribution in [2.75, 3.05) is 0 Å². The summed E-state index contributed by atoms with van der Waals surface area (Å²) in [5.74, 6) is -0.299. The summed E-state index contributed by atoms with van der Waals surface area (Å²) in [6, 6.07) is 7.64. The van der Waals surface area contributed by atoms with Gasteiger partial charge in [-0.2, -0.15) is 0 Å². The van der Waals surface area contributed by atoms with Crippen LogP contribution in [0.1, 0.15) is 24.2 Å². The number of rotatable bonds is 5. The van der Waals surface area contributed by atoms with Crippen LogP contribution in [0.25, 0.3) is 0 Å². The second-order valence-electron chi connectivity index (χ2n) is 4.37. The Morgan fingerprint density at radius 1 is 1.40 bits per heavy atom. The molecule has 0 aliphatic carbocycles. The van der Waals surface area contributed by atoms with E-state index in [9.17, 15) is 9.18 Å². The average Bonchev–Trinajstić information content (AvgIpc) is 2.45. The van der Waals surface area contributed by atoms with E-state index in [0.717, 1.165) is 0 Å². The third-order valence-electron chi connectivity index (χ3n) is 2.96. The number of H-pyrrole nitrogens is 1. The highest BCUT2D eigenvalue weighted by molar-refractivity contribution is 7.99. The summed E-state index contributed by atoms with van der Waals surface area (Å²) >= 11 is 1.27. The maximum Gasteiger partial charge on any atom is 0.251 e. The van der Waals surface area contributed by atoms with Gasteiger partial charge in [-0.05, 0) is 12.5 Å². The topological polar surface area (TPSA) is 71.8 Å². The van der Waals surface area contributed by atoms with Gasteiger partial charge in [-0.3, -0.25) is 4.79 Å². The number of nitrogens with one attached hydrogen (secondary N) is 1. The number of benzene rings is 1. The Morgan fingerprint density at radius 2 is 2.15 bits per heavy atom. The molecule has 0 aliphatic heterocycles. The summed E-state index contributed by atoms with van der Waals surface area (Å²) in [5.41, 5.74) is 6.39. The molecule has 0 bridgehead atoms. The van der Waals surface area contributed by atoms with E-state index in [1.165, 1.54) is 30.1 Å². The Kier molecular flexibility index (Phi) is 4.92. The van der Waals surface area contributed by atoms with E-state index in [2.05, 4.69) is 9.97 Å². The van der Waals surface area contributed by atoms with E-state index >= 15 is 0 Å². The minimum Gasteiger partial charge on any atom is -0.326 e. The molecular formula is C14H16FN3OS. The molecule has 0 spiro atoms. The monoisotopic (exact) mass is 293 g/mol.